The Morgan fingerprint density at radius 1 is 1.47 bits per heavy atom. The Bertz CT molecular complexity index is 352. The molecule has 1 heterocycles. The molecule has 0 spiro atoms. The maximum atomic E-state index is 11.8. The smallest absolute Gasteiger partial charge is 0.261 e. The summed E-state index contributed by atoms with van der Waals surface area (Å²) in [6.07, 6.45) is 0.640. The SMILES string of the molecule is CS(=O)(=O)N1CCCC(CNCCOCC(F)F)C1. The van der Waals surface area contributed by atoms with Crippen molar-refractivity contribution in [3.63, 3.8) is 0 Å². The largest absolute Gasteiger partial charge is 0.374 e. The van der Waals surface area contributed by atoms with Crippen LogP contribution in [0.1, 0.15) is 12.8 Å². The number of hydrogen-bond acceptors (Lipinski definition) is 4. The third kappa shape index (κ3) is 7.14. The third-order valence-electron chi connectivity index (χ3n) is 3.05. The molecule has 1 atom stereocenters. The van der Waals surface area contributed by atoms with E-state index in [9.17, 15) is 17.2 Å². The molecule has 1 rings (SSSR count). The zero-order chi connectivity index (χ0) is 14.3. The van der Waals surface area contributed by atoms with Crippen LogP contribution in [0.25, 0.3) is 0 Å². The van der Waals surface area contributed by atoms with Crippen LogP contribution in [-0.2, 0) is 14.8 Å². The van der Waals surface area contributed by atoms with Crippen LogP contribution < -0.4 is 5.32 Å². The van der Waals surface area contributed by atoms with E-state index in [1.54, 1.807) is 0 Å². The summed E-state index contributed by atoms with van der Waals surface area (Å²) in [7, 11) is -3.11. The first-order valence-electron chi connectivity index (χ1n) is 6.41. The first-order chi connectivity index (χ1) is 8.89. The van der Waals surface area contributed by atoms with Crippen molar-refractivity contribution in [3.8, 4) is 0 Å². The highest BCUT2D eigenvalue weighted by atomic mass is 32.2. The predicted octanol–water partition coefficient (Wildman–Crippen LogP) is 0.529. The molecule has 114 valence electrons. The van der Waals surface area contributed by atoms with Crippen LogP contribution in [0.2, 0.25) is 0 Å². The van der Waals surface area contributed by atoms with Crippen LogP contribution >= 0.6 is 0 Å². The first-order valence-corrected chi connectivity index (χ1v) is 8.26. The zero-order valence-electron chi connectivity index (χ0n) is 11.1. The number of piperidine rings is 1. The summed E-state index contributed by atoms with van der Waals surface area (Å²) in [5.41, 5.74) is 0. The summed E-state index contributed by atoms with van der Waals surface area (Å²) in [5, 5.41) is 3.11. The summed E-state index contributed by atoms with van der Waals surface area (Å²) in [4.78, 5) is 0. The van der Waals surface area contributed by atoms with Gasteiger partial charge in [-0.15, -0.1) is 0 Å². The van der Waals surface area contributed by atoms with Crippen LogP contribution in [0, 0.1) is 5.92 Å². The van der Waals surface area contributed by atoms with Gasteiger partial charge in [-0.1, -0.05) is 0 Å². The number of rotatable bonds is 8. The second kappa shape index (κ2) is 8.08. The van der Waals surface area contributed by atoms with Crippen molar-refractivity contribution in [2.45, 2.75) is 19.3 Å². The molecule has 0 saturated carbocycles. The van der Waals surface area contributed by atoms with Gasteiger partial charge in [-0.25, -0.2) is 21.5 Å². The third-order valence-corrected chi connectivity index (χ3v) is 4.32. The molecule has 5 nitrogen and oxygen atoms in total. The Kier molecular flexibility index (Phi) is 7.12. The Morgan fingerprint density at radius 2 is 2.21 bits per heavy atom. The highest BCUT2D eigenvalue weighted by molar-refractivity contribution is 7.88. The van der Waals surface area contributed by atoms with Gasteiger partial charge in [0.25, 0.3) is 6.43 Å². The van der Waals surface area contributed by atoms with Crippen LogP contribution in [0.3, 0.4) is 0 Å². The quantitative estimate of drug-likeness (QED) is 0.664. The van der Waals surface area contributed by atoms with Gasteiger partial charge in [0, 0.05) is 19.6 Å². The molecule has 0 aliphatic carbocycles. The lowest BCUT2D eigenvalue weighted by atomic mass is 10.00. The lowest BCUT2D eigenvalue weighted by Crippen LogP contribution is -2.42. The normalized spacial score (nSPS) is 22.0. The van der Waals surface area contributed by atoms with E-state index in [1.165, 1.54) is 10.6 Å². The van der Waals surface area contributed by atoms with E-state index >= 15 is 0 Å². The van der Waals surface area contributed by atoms with Gasteiger partial charge in [-0.2, -0.15) is 0 Å². The molecule has 0 amide bonds. The van der Waals surface area contributed by atoms with E-state index in [-0.39, 0.29) is 12.5 Å². The highest BCUT2D eigenvalue weighted by Crippen LogP contribution is 2.17. The summed E-state index contributed by atoms with van der Waals surface area (Å²) in [6, 6.07) is 0. The average molecular weight is 300 g/mol. The number of ether oxygens (including phenoxy) is 1. The fourth-order valence-electron chi connectivity index (χ4n) is 2.12. The van der Waals surface area contributed by atoms with Gasteiger partial charge in [0.1, 0.15) is 6.61 Å². The van der Waals surface area contributed by atoms with Crippen molar-refractivity contribution in [2.24, 2.45) is 5.92 Å². The Morgan fingerprint density at radius 3 is 2.84 bits per heavy atom. The van der Waals surface area contributed by atoms with Crippen LogP contribution in [0.4, 0.5) is 8.78 Å². The topological polar surface area (TPSA) is 58.6 Å². The summed E-state index contributed by atoms with van der Waals surface area (Å²) < 4.78 is 52.7. The molecule has 0 bridgehead atoms. The molecular formula is C11H22F2N2O3S. The summed E-state index contributed by atoms with van der Waals surface area (Å²) in [6.45, 7) is 2.02. The Labute approximate surface area is 113 Å². The average Bonchev–Trinajstić information content (AvgIpc) is 2.32. The second-order valence-corrected chi connectivity index (χ2v) is 6.78. The zero-order valence-corrected chi connectivity index (χ0v) is 12.0. The van der Waals surface area contributed by atoms with Crippen molar-refractivity contribution in [3.05, 3.63) is 0 Å². The molecule has 0 radical (unpaired) electrons. The molecule has 1 saturated heterocycles. The van der Waals surface area contributed by atoms with E-state index in [4.69, 9.17) is 4.74 Å². The van der Waals surface area contributed by atoms with Crippen molar-refractivity contribution >= 4 is 10.0 Å². The fourth-order valence-corrected chi connectivity index (χ4v) is 3.06. The van der Waals surface area contributed by atoms with Crippen molar-refractivity contribution in [2.75, 3.05) is 45.6 Å². The van der Waals surface area contributed by atoms with Gasteiger partial charge < -0.3 is 10.1 Å². The van der Waals surface area contributed by atoms with E-state index in [1.807, 2.05) is 0 Å². The Hall–Kier alpha value is -0.310. The van der Waals surface area contributed by atoms with E-state index in [0.29, 0.717) is 26.2 Å². The number of nitrogens with zero attached hydrogens (tertiary/aromatic N) is 1. The van der Waals surface area contributed by atoms with E-state index in [2.05, 4.69) is 5.32 Å². The van der Waals surface area contributed by atoms with E-state index in [0.717, 1.165) is 12.8 Å². The maximum Gasteiger partial charge on any atom is 0.261 e. The van der Waals surface area contributed by atoms with Crippen LogP contribution in [0.15, 0.2) is 0 Å². The molecule has 0 aromatic rings. The van der Waals surface area contributed by atoms with Crippen molar-refractivity contribution in [1.29, 1.82) is 0 Å². The molecule has 0 aromatic heterocycles. The number of halogens is 2. The van der Waals surface area contributed by atoms with Gasteiger partial charge in [0.05, 0.1) is 12.9 Å². The number of sulfonamides is 1. The van der Waals surface area contributed by atoms with Gasteiger partial charge in [0.15, 0.2) is 0 Å². The van der Waals surface area contributed by atoms with Gasteiger partial charge >= 0.3 is 0 Å². The molecule has 1 N–H and O–H groups in total. The maximum absolute atomic E-state index is 11.8. The van der Waals surface area contributed by atoms with Crippen molar-refractivity contribution < 1.29 is 21.9 Å². The summed E-state index contributed by atoms with van der Waals surface area (Å²) >= 11 is 0. The number of hydrogen-bond donors (Lipinski definition) is 1. The van der Waals surface area contributed by atoms with Crippen LogP contribution in [-0.4, -0.2) is 64.8 Å². The highest BCUT2D eigenvalue weighted by Gasteiger charge is 2.25. The standard InChI is InChI=1S/C11H22F2N2O3S/c1-19(16,17)15-5-2-3-10(8-15)7-14-4-6-18-9-11(12)13/h10-11,14H,2-9H2,1H3. The molecular weight excluding hydrogens is 278 g/mol. The number of alkyl halides is 2. The second-order valence-electron chi connectivity index (χ2n) is 4.80. The molecule has 1 fully saturated rings. The molecule has 1 aliphatic rings. The molecule has 8 heteroatoms. The van der Waals surface area contributed by atoms with Gasteiger partial charge in [-0.05, 0) is 25.3 Å². The minimum Gasteiger partial charge on any atom is -0.374 e. The monoisotopic (exact) mass is 300 g/mol. The summed E-state index contributed by atoms with van der Waals surface area (Å²) in [5.74, 6) is 0.276. The van der Waals surface area contributed by atoms with E-state index < -0.39 is 23.1 Å². The van der Waals surface area contributed by atoms with Gasteiger partial charge in [-0.3, -0.25) is 0 Å². The molecule has 19 heavy (non-hydrogen) atoms. The van der Waals surface area contributed by atoms with Crippen molar-refractivity contribution in [1.82, 2.24) is 9.62 Å². The molecule has 1 aliphatic heterocycles. The lowest BCUT2D eigenvalue weighted by Gasteiger charge is -2.31. The van der Waals surface area contributed by atoms with Crippen LogP contribution in [0.5, 0.6) is 0 Å². The molecule has 0 aromatic carbocycles. The lowest BCUT2D eigenvalue weighted by molar-refractivity contribution is 0.0185. The minimum absolute atomic E-state index is 0.243. The fraction of sp³-hybridized carbons (Fsp3) is 1.00. The van der Waals surface area contributed by atoms with Gasteiger partial charge in [0.2, 0.25) is 10.0 Å². The first kappa shape index (κ1) is 16.7. The number of nitrogens with one attached hydrogen (secondary N) is 1. The Balaban J connectivity index is 2.13. The minimum atomic E-state index is -3.11. The molecule has 1 unspecified atom stereocenters. The predicted molar refractivity (Wildman–Crippen MR) is 68.8 cm³/mol.